The van der Waals surface area contributed by atoms with E-state index in [0.29, 0.717) is 30.9 Å². The number of β-amino-alcohol motifs (C(OH)–C–C–N with tert-alkyl or cyclic N) is 1. The van der Waals surface area contributed by atoms with Crippen molar-refractivity contribution in [3.05, 3.63) is 10.0 Å². The number of hydrogen-bond acceptors (Lipinski definition) is 6. The normalized spacial score (nSPS) is 22.7. The maximum absolute atomic E-state index is 12.4. The number of aromatic nitrogens is 2. The number of carbonyl (C=O) groups is 1. The first-order valence-corrected chi connectivity index (χ1v) is 8.92. The van der Waals surface area contributed by atoms with E-state index in [1.54, 1.807) is 4.90 Å². The first kappa shape index (κ1) is 15.8. The molecule has 2 saturated heterocycles. The Balaban J connectivity index is 1.53. The second kappa shape index (κ2) is 6.60. The zero-order valence-corrected chi connectivity index (χ0v) is 13.9. The van der Waals surface area contributed by atoms with Crippen molar-refractivity contribution >= 4 is 17.2 Å². The molecule has 2 aliphatic rings. The molecule has 22 heavy (non-hydrogen) atoms. The van der Waals surface area contributed by atoms with Gasteiger partial charge in [-0.3, -0.25) is 4.79 Å². The number of aryl methyl sites for hydroxylation is 1. The summed E-state index contributed by atoms with van der Waals surface area (Å²) in [5, 5.41) is 19.9. The third-order valence-electron chi connectivity index (χ3n) is 4.66. The van der Waals surface area contributed by atoms with E-state index >= 15 is 0 Å². The molecular weight excluding hydrogens is 300 g/mol. The molecule has 1 aromatic heterocycles. The van der Waals surface area contributed by atoms with Crippen LogP contribution in [0.4, 0.5) is 0 Å². The summed E-state index contributed by atoms with van der Waals surface area (Å²) >= 11 is 1.33. The fourth-order valence-corrected chi connectivity index (χ4v) is 4.00. The Bertz CT molecular complexity index is 519. The van der Waals surface area contributed by atoms with Crippen LogP contribution in [0.15, 0.2) is 0 Å². The van der Waals surface area contributed by atoms with E-state index in [0.717, 1.165) is 24.6 Å². The molecule has 0 saturated carbocycles. The van der Waals surface area contributed by atoms with Crippen LogP contribution in [0.1, 0.15) is 46.9 Å². The number of carbonyl (C=O) groups excluding carboxylic acids is 1. The molecule has 0 radical (unpaired) electrons. The Kier molecular flexibility index (Phi) is 4.75. The number of nitrogens with zero attached hydrogens (tertiary/aromatic N) is 4. The molecule has 1 amide bonds. The zero-order valence-electron chi connectivity index (χ0n) is 13.1. The Labute approximate surface area is 135 Å². The van der Waals surface area contributed by atoms with Crippen molar-refractivity contribution in [3.63, 3.8) is 0 Å². The van der Waals surface area contributed by atoms with E-state index in [-0.39, 0.29) is 5.91 Å². The molecule has 1 N–H and O–H groups in total. The zero-order chi connectivity index (χ0) is 15.6. The number of aliphatic hydroxyl groups is 1. The minimum atomic E-state index is -0.648. The topological polar surface area (TPSA) is 69.6 Å². The fraction of sp³-hybridized carbons (Fsp3) is 0.800. The molecule has 1 aromatic rings. The summed E-state index contributed by atoms with van der Waals surface area (Å²) in [6, 6.07) is 0. The Hall–Kier alpha value is -1.05. The number of rotatable bonds is 3. The molecular formula is C15H24N4O2S. The van der Waals surface area contributed by atoms with Gasteiger partial charge in [-0.15, -0.1) is 10.2 Å². The number of piperidine rings is 2. The lowest BCUT2D eigenvalue weighted by Gasteiger charge is -2.41. The standard InChI is InChI=1S/C15H24N4O2S/c1-12-16-17-13(22-12)14(20)19-9-5-15(21,6-10-19)11-18-7-3-2-4-8-18/h21H,2-11H2,1H3. The van der Waals surface area contributed by atoms with Crippen LogP contribution < -0.4 is 0 Å². The number of likely N-dealkylation sites (tertiary alicyclic amines) is 2. The highest BCUT2D eigenvalue weighted by atomic mass is 32.1. The van der Waals surface area contributed by atoms with E-state index in [1.165, 1.54) is 30.6 Å². The van der Waals surface area contributed by atoms with Gasteiger partial charge in [0.1, 0.15) is 5.01 Å². The highest BCUT2D eigenvalue weighted by Gasteiger charge is 2.36. The Morgan fingerprint density at radius 2 is 1.86 bits per heavy atom. The average Bonchev–Trinajstić information content (AvgIpc) is 2.95. The minimum Gasteiger partial charge on any atom is -0.388 e. The molecule has 0 aliphatic carbocycles. The van der Waals surface area contributed by atoms with Crippen LogP contribution in [0.25, 0.3) is 0 Å². The summed E-state index contributed by atoms with van der Waals surface area (Å²) in [7, 11) is 0. The molecule has 0 aromatic carbocycles. The molecule has 122 valence electrons. The van der Waals surface area contributed by atoms with Crippen molar-refractivity contribution in [2.75, 3.05) is 32.7 Å². The van der Waals surface area contributed by atoms with Crippen LogP contribution in [0, 0.1) is 6.92 Å². The SMILES string of the molecule is Cc1nnc(C(=O)N2CCC(O)(CN3CCCCC3)CC2)s1. The third kappa shape index (κ3) is 3.64. The van der Waals surface area contributed by atoms with Crippen LogP contribution in [-0.4, -0.2) is 69.3 Å². The molecule has 2 fully saturated rings. The van der Waals surface area contributed by atoms with Gasteiger partial charge in [0, 0.05) is 19.6 Å². The third-order valence-corrected chi connectivity index (χ3v) is 5.48. The van der Waals surface area contributed by atoms with Crippen LogP contribution in [-0.2, 0) is 0 Å². The highest BCUT2D eigenvalue weighted by Crippen LogP contribution is 2.26. The van der Waals surface area contributed by atoms with E-state index in [9.17, 15) is 9.90 Å². The molecule has 3 rings (SSSR count). The lowest BCUT2D eigenvalue weighted by molar-refractivity contribution is -0.0434. The van der Waals surface area contributed by atoms with Gasteiger partial charge in [0.15, 0.2) is 0 Å². The van der Waals surface area contributed by atoms with Crippen LogP contribution >= 0.6 is 11.3 Å². The van der Waals surface area contributed by atoms with Gasteiger partial charge in [0.05, 0.1) is 5.60 Å². The summed E-state index contributed by atoms with van der Waals surface area (Å²) in [4.78, 5) is 16.5. The first-order valence-electron chi connectivity index (χ1n) is 8.10. The monoisotopic (exact) mass is 324 g/mol. The van der Waals surface area contributed by atoms with E-state index in [1.807, 2.05) is 6.92 Å². The Morgan fingerprint density at radius 3 is 2.45 bits per heavy atom. The second-order valence-electron chi connectivity index (χ2n) is 6.48. The van der Waals surface area contributed by atoms with Crippen molar-refractivity contribution in [3.8, 4) is 0 Å². The van der Waals surface area contributed by atoms with E-state index < -0.39 is 5.60 Å². The molecule has 7 heteroatoms. The van der Waals surface area contributed by atoms with E-state index in [2.05, 4.69) is 15.1 Å². The molecule has 0 bridgehead atoms. The predicted octanol–water partition coefficient (Wildman–Crippen LogP) is 1.30. The van der Waals surface area contributed by atoms with Gasteiger partial charge in [-0.25, -0.2) is 0 Å². The van der Waals surface area contributed by atoms with Gasteiger partial charge >= 0.3 is 0 Å². The van der Waals surface area contributed by atoms with Gasteiger partial charge in [-0.2, -0.15) is 0 Å². The largest absolute Gasteiger partial charge is 0.388 e. The quantitative estimate of drug-likeness (QED) is 0.907. The van der Waals surface area contributed by atoms with Gasteiger partial charge in [0.2, 0.25) is 5.01 Å². The average molecular weight is 324 g/mol. The van der Waals surface area contributed by atoms with Crippen LogP contribution in [0.3, 0.4) is 0 Å². The van der Waals surface area contributed by atoms with Crippen molar-refractivity contribution in [2.45, 2.75) is 44.6 Å². The van der Waals surface area contributed by atoms with Crippen molar-refractivity contribution in [1.82, 2.24) is 20.0 Å². The number of hydrogen-bond donors (Lipinski definition) is 1. The van der Waals surface area contributed by atoms with Crippen molar-refractivity contribution in [2.24, 2.45) is 0 Å². The van der Waals surface area contributed by atoms with Gasteiger partial charge < -0.3 is 14.9 Å². The summed E-state index contributed by atoms with van der Waals surface area (Å²) in [6.45, 7) is 5.97. The first-order chi connectivity index (χ1) is 10.6. The highest BCUT2D eigenvalue weighted by molar-refractivity contribution is 7.13. The lowest BCUT2D eigenvalue weighted by atomic mass is 9.90. The maximum atomic E-state index is 12.4. The Morgan fingerprint density at radius 1 is 1.18 bits per heavy atom. The van der Waals surface area contributed by atoms with Crippen molar-refractivity contribution in [1.29, 1.82) is 0 Å². The predicted molar refractivity (Wildman–Crippen MR) is 85.0 cm³/mol. The molecule has 6 nitrogen and oxygen atoms in total. The molecule has 3 heterocycles. The smallest absolute Gasteiger partial charge is 0.284 e. The van der Waals surface area contributed by atoms with Gasteiger partial charge in [-0.05, 0) is 45.7 Å². The summed E-state index contributed by atoms with van der Waals surface area (Å²) < 4.78 is 0. The van der Waals surface area contributed by atoms with Gasteiger partial charge in [0.25, 0.3) is 5.91 Å². The molecule has 0 atom stereocenters. The van der Waals surface area contributed by atoms with Crippen molar-refractivity contribution < 1.29 is 9.90 Å². The van der Waals surface area contributed by atoms with Gasteiger partial charge in [-0.1, -0.05) is 17.8 Å². The maximum Gasteiger partial charge on any atom is 0.284 e. The summed E-state index contributed by atoms with van der Waals surface area (Å²) in [6.07, 6.45) is 5.06. The summed E-state index contributed by atoms with van der Waals surface area (Å²) in [5.41, 5.74) is -0.648. The second-order valence-corrected chi connectivity index (χ2v) is 7.66. The molecule has 0 unspecified atom stereocenters. The fourth-order valence-electron chi connectivity index (χ4n) is 3.34. The van der Waals surface area contributed by atoms with Crippen LogP contribution in [0.2, 0.25) is 0 Å². The lowest BCUT2D eigenvalue weighted by Crippen LogP contribution is -2.52. The molecule has 0 spiro atoms. The minimum absolute atomic E-state index is 0.0503. The van der Waals surface area contributed by atoms with E-state index in [4.69, 9.17) is 0 Å². The molecule has 2 aliphatic heterocycles. The number of amides is 1. The summed E-state index contributed by atoms with van der Waals surface area (Å²) in [5.74, 6) is -0.0503. The van der Waals surface area contributed by atoms with Crippen LogP contribution in [0.5, 0.6) is 0 Å².